The Hall–Kier alpha value is -6.90. The van der Waals surface area contributed by atoms with Gasteiger partial charge in [-0.2, -0.15) is 0 Å². The highest BCUT2D eigenvalue weighted by Gasteiger charge is 2.18. The van der Waals surface area contributed by atoms with E-state index in [1.54, 1.807) is 0 Å². The number of aromatic nitrogens is 2. The van der Waals surface area contributed by atoms with Crippen molar-refractivity contribution in [3.05, 3.63) is 194 Å². The minimum absolute atomic E-state index is 0.955. The van der Waals surface area contributed by atoms with Crippen molar-refractivity contribution in [2.45, 2.75) is 0 Å². The van der Waals surface area contributed by atoms with Crippen molar-refractivity contribution in [2.75, 3.05) is 0 Å². The first-order chi connectivity index (χ1) is 25.8. The maximum Gasteiger partial charge on any atom is 0.0788 e. The molecule has 0 atom stereocenters. The number of para-hydroxylation sites is 1. The fraction of sp³-hybridized carbons (Fsp3) is 0. The molecule has 242 valence electrons. The van der Waals surface area contributed by atoms with Crippen LogP contribution < -0.4 is 0 Å². The van der Waals surface area contributed by atoms with E-state index in [0.717, 1.165) is 66.8 Å². The summed E-state index contributed by atoms with van der Waals surface area (Å²) in [5.41, 5.74) is 11.8. The van der Waals surface area contributed by atoms with Gasteiger partial charge in [0.2, 0.25) is 0 Å². The van der Waals surface area contributed by atoms with Crippen molar-refractivity contribution >= 4 is 43.2 Å². The molecule has 0 aliphatic carbocycles. The van der Waals surface area contributed by atoms with Crippen LogP contribution in [0.25, 0.3) is 99.2 Å². The quantitative estimate of drug-likeness (QED) is 0.172. The van der Waals surface area contributed by atoms with Gasteiger partial charge in [0, 0.05) is 32.8 Å². The third kappa shape index (κ3) is 5.21. The lowest BCUT2D eigenvalue weighted by molar-refractivity contribution is 1.32. The first kappa shape index (κ1) is 30.0. The average molecular weight is 661 g/mol. The third-order valence-corrected chi connectivity index (χ3v) is 10.2. The first-order valence-corrected chi connectivity index (χ1v) is 17.7. The molecule has 2 heteroatoms. The second kappa shape index (κ2) is 12.5. The molecule has 0 saturated heterocycles. The van der Waals surface area contributed by atoms with Crippen LogP contribution in [0.5, 0.6) is 0 Å². The SMILES string of the molecule is c1ccc(-c2cc(-c3cccc(-c4cc5c(-c6ccc7ccccc7c6)nc6ccccc6c5c5ccccc45)c3)cc(-c3ccccc3)n2)cc1. The average Bonchev–Trinajstić information content (AvgIpc) is 3.23. The molecule has 2 heterocycles. The van der Waals surface area contributed by atoms with Crippen molar-refractivity contribution in [1.29, 1.82) is 0 Å². The molecule has 0 unspecified atom stereocenters. The second-order valence-corrected chi connectivity index (χ2v) is 13.4. The number of fused-ring (bicyclic) bond motifs is 6. The van der Waals surface area contributed by atoms with Crippen LogP contribution in [0.2, 0.25) is 0 Å². The van der Waals surface area contributed by atoms with E-state index in [1.165, 1.54) is 32.5 Å². The fourth-order valence-electron chi connectivity index (χ4n) is 7.69. The van der Waals surface area contributed by atoms with Crippen molar-refractivity contribution in [3.8, 4) is 56.0 Å². The summed E-state index contributed by atoms with van der Waals surface area (Å²) in [6, 6.07) is 69.3. The van der Waals surface area contributed by atoms with Gasteiger partial charge in [0.05, 0.1) is 22.6 Å². The lowest BCUT2D eigenvalue weighted by atomic mass is 9.88. The van der Waals surface area contributed by atoms with Gasteiger partial charge in [-0.25, -0.2) is 9.97 Å². The van der Waals surface area contributed by atoms with Crippen LogP contribution in [0.3, 0.4) is 0 Å². The van der Waals surface area contributed by atoms with Crippen LogP contribution in [0.15, 0.2) is 194 Å². The summed E-state index contributed by atoms with van der Waals surface area (Å²) < 4.78 is 0. The first-order valence-electron chi connectivity index (χ1n) is 17.7. The molecule has 0 N–H and O–H groups in total. The maximum absolute atomic E-state index is 5.36. The Morgan fingerprint density at radius 2 is 0.885 bits per heavy atom. The highest BCUT2D eigenvalue weighted by atomic mass is 14.7. The third-order valence-electron chi connectivity index (χ3n) is 10.2. The zero-order valence-corrected chi connectivity index (χ0v) is 28.4. The number of hydrogen-bond donors (Lipinski definition) is 0. The summed E-state index contributed by atoms with van der Waals surface area (Å²) in [6.07, 6.45) is 0. The summed E-state index contributed by atoms with van der Waals surface area (Å²) in [5, 5.41) is 8.42. The molecule has 0 fully saturated rings. The lowest BCUT2D eigenvalue weighted by Gasteiger charge is -2.17. The molecule has 8 aromatic carbocycles. The Kier molecular flexibility index (Phi) is 7.18. The molecule has 0 spiro atoms. The molecule has 0 radical (unpaired) electrons. The minimum atomic E-state index is 0.955. The van der Waals surface area contributed by atoms with Crippen molar-refractivity contribution in [1.82, 2.24) is 9.97 Å². The molecule has 2 aromatic heterocycles. The predicted molar refractivity (Wildman–Crippen MR) is 219 cm³/mol. The topological polar surface area (TPSA) is 25.8 Å². The van der Waals surface area contributed by atoms with E-state index in [2.05, 4.69) is 182 Å². The largest absolute Gasteiger partial charge is 0.248 e. The van der Waals surface area contributed by atoms with Gasteiger partial charge in [0.25, 0.3) is 0 Å². The van der Waals surface area contributed by atoms with Crippen molar-refractivity contribution in [3.63, 3.8) is 0 Å². The highest BCUT2D eigenvalue weighted by Crippen LogP contribution is 2.43. The van der Waals surface area contributed by atoms with Gasteiger partial charge >= 0.3 is 0 Å². The van der Waals surface area contributed by atoms with Crippen LogP contribution in [0.1, 0.15) is 0 Å². The Labute approximate surface area is 302 Å². The van der Waals surface area contributed by atoms with Crippen LogP contribution >= 0.6 is 0 Å². The number of rotatable bonds is 5. The van der Waals surface area contributed by atoms with Gasteiger partial charge < -0.3 is 0 Å². The molecular formula is C50H32N2. The molecule has 10 aromatic rings. The minimum Gasteiger partial charge on any atom is -0.248 e. The van der Waals surface area contributed by atoms with Gasteiger partial charge in [-0.1, -0.05) is 158 Å². The van der Waals surface area contributed by atoms with Crippen molar-refractivity contribution in [2.24, 2.45) is 0 Å². The van der Waals surface area contributed by atoms with Gasteiger partial charge in [-0.3, -0.25) is 0 Å². The smallest absolute Gasteiger partial charge is 0.0788 e. The maximum atomic E-state index is 5.36. The van der Waals surface area contributed by atoms with Crippen LogP contribution in [0, 0.1) is 0 Å². The van der Waals surface area contributed by atoms with Crippen LogP contribution in [-0.4, -0.2) is 9.97 Å². The fourth-order valence-corrected chi connectivity index (χ4v) is 7.69. The zero-order chi connectivity index (χ0) is 34.4. The molecule has 0 amide bonds. The number of benzene rings is 8. The second-order valence-electron chi connectivity index (χ2n) is 13.4. The van der Waals surface area contributed by atoms with Gasteiger partial charge in [0.1, 0.15) is 0 Å². The Bertz CT molecular complexity index is 2890. The number of nitrogens with zero attached hydrogens (tertiary/aromatic N) is 2. The molecule has 10 rings (SSSR count). The summed E-state index contributed by atoms with van der Waals surface area (Å²) in [5.74, 6) is 0. The Morgan fingerprint density at radius 1 is 0.288 bits per heavy atom. The van der Waals surface area contributed by atoms with E-state index < -0.39 is 0 Å². The molecule has 0 saturated carbocycles. The molecule has 0 aliphatic heterocycles. The standard InChI is InChI=1S/C50H32N2/c1-3-15-34(16-4-1)47-30-40(31-48(51-47)35-17-5-2-6-18-35)37-20-13-21-38(28-37)44-32-45-49(42-23-10-9-22-41(42)44)43-24-11-12-25-46(43)52-50(45)39-27-26-33-14-7-8-19-36(33)29-39/h1-32H. The Morgan fingerprint density at radius 3 is 1.63 bits per heavy atom. The molecule has 52 heavy (non-hydrogen) atoms. The normalized spacial score (nSPS) is 11.5. The van der Waals surface area contributed by atoms with Gasteiger partial charge in [-0.05, 0) is 80.2 Å². The lowest BCUT2D eigenvalue weighted by Crippen LogP contribution is -1.93. The summed E-state index contributed by atoms with van der Waals surface area (Å²) in [7, 11) is 0. The van der Waals surface area contributed by atoms with Gasteiger partial charge in [-0.15, -0.1) is 0 Å². The van der Waals surface area contributed by atoms with E-state index >= 15 is 0 Å². The summed E-state index contributed by atoms with van der Waals surface area (Å²) in [6.45, 7) is 0. The van der Waals surface area contributed by atoms with Gasteiger partial charge in [0.15, 0.2) is 0 Å². The summed E-state index contributed by atoms with van der Waals surface area (Å²) in [4.78, 5) is 10.5. The predicted octanol–water partition coefficient (Wildman–Crippen LogP) is 13.4. The number of pyridine rings is 2. The molecule has 2 nitrogen and oxygen atoms in total. The monoisotopic (exact) mass is 660 g/mol. The van der Waals surface area contributed by atoms with E-state index in [1.807, 2.05) is 12.1 Å². The van der Waals surface area contributed by atoms with E-state index in [9.17, 15) is 0 Å². The molecular weight excluding hydrogens is 629 g/mol. The van der Waals surface area contributed by atoms with E-state index in [-0.39, 0.29) is 0 Å². The van der Waals surface area contributed by atoms with E-state index in [0.29, 0.717) is 0 Å². The summed E-state index contributed by atoms with van der Waals surface area (Å²) >= 11 is 0. The zero-order valence-electron chi connectivity index (χ0n) is 28.4. The molecule has 0 bridgehead atoms. The Balaban J connectivity index is 1.21. The highest BCUT2D eigenvalue weighted by molar-refractivity contribution is 6.25. The van der Waals surface area contributed by atoms with Crippen LogP contribution in [0.4, 0.5) is 0 Å². The number of hydrogen-bond acceptors (Lipinski definition) is 2. The molecule has 0 aliphatic rings. The van der Waals surface area contributed by atoms with Crippen LogP contribution in [-0.2, 0) is 0 Å². The van der Waals surface area contributed by atoms with Crippen molar-refractivity contribution < 1.29 is 0 Å². The van der Waals surface area contributed by atoms with E-state index in [4.69, 9.17) is 9.97 Å².